The number of fused-ring (bicyclic) bond motifs is 1. The van der Waals surface area contributed by atoms with Gasteiger partial charge in [0.15, 0.2) is 0 Å². The fourth-order valence-corrected chi connectivity index (χ4v) is 3.79. The van der Waals surface area contributed by atoms with E-state index in [0.29, 0.717) is 10.8 Å². The van der Waals surface area contributed by atoms with Crippen LogP contribution < -0.4 is 4.18 Å². The van der Waals surface area contributed by atoms with E-state index < -0.39 is 10.1 Å². The van der Waals surface area contributed by atoms with Crippen LogP contribution in [0.2, 0.25) is 0 Å². The van der Waals surface area contributed by atoms with Gasteiger partial charge in [0, 0.05) is 10.8 Å². The Kier molecular flexibility index (Phi) is 4.21. The van der Waals surface area contributed by atoms with Crippen LogP contribution in [0.25, 0.3) is 10.8 Å². The molecule has 130 valence electrons. The summed E-state index contributed by atoms with van der Waals surface area (Å²) >= 11 is 0. The topological polar surface area (TPSA) is 63.6 Å². The molecule has 0 unspecified atom stereocenters. The summed E-state index contributed by atoms with van der Waals surface area (Å²) in [6.07, 6.45) is 0. The van der Waals surface area contributed by atoms with E-state index in [1.165, 1.54) is 12.1 Å². The van der Waals surface area contributed by atoms with E-state index in [9.17, 15) is 13.5 Å². The van der Waals surface area contributed by atoms with Gasteiger partial charge >= 0.3 is 10.1 Å². The van der Waals surface area contributed by atoms with Crippen molar-refractivity contribution in [2.24, 2.45) is 0 Å². The van der Waals surface area contributed by atoms with E-state index >= 15 is 0 Å². The van der Waals surface area contributed by atoms with E-state index in [1.54, 1.807) is 36.4 Å². The summed E-state index contributed by atoms with van der Waals surface area (Å²) < 4.78 is 30.7. The molecule has 0 fully saturated rings. The minimum atomic E-state index is -4.02. The molecule has 25 heavy (non-hydrogen) atoms. The molecular formula is C20H20O4S. The zero-order valence-electron chi connectivity index (χ0n) is 14.4. The van der Waals surface area contributed by atoms with Crippen molar-refractivity contribution < 1.29 is 17.7 Å². The highest BCUT2D eigenvalue weighted by molar-refractivity contribution is 7.87. The molecule has 3 aromatic rings. The molecule has 0 amide bonds. The van der Waals surface area contributed by atoms with Gasteiger partial charge in [-0.3, -0.25) is 0 Å². The van der Waals surface area contributed by atoms with Crippen LogP contribution in [0.3, 0.4) is 0 Å². The number of phenols is 1. The highest BCUT2D eigenvalue weighted by atomic mass is 32.2. The number of benzene rings is 3. The maximum atomic E-state index is 12.7. The Bertz CT molecular complexity index is 1010. The third-order valence-corrected chi connectivity index (χ3v) is 5.36. The Hall–Kier alpha value is -2.53. The lowest BCUT2D eigenvalue weighted by atomic mass is 9.87. The second-order valence-electron chi connectivity index (χ2n) is 6.94. The first-order valence-electron chi connectivity index (χ1n) is 7.94. The normalized spacial score (nSPS) is 12.3. The zero-order valence-corrected chi connectivity index (χ0v) is 15.2. The van der Waals surface area contributed by atoms with E-state index in [0.717, 1.165) is 5.56 Å². The highest BCUT2D eigenvalue weighted by Crippen LogP contribution is 2.32. The number of rotatable bonds is 3. The smallest absolute Gasteiger partial charge is 0.339 e. The van der Waals surface area contributed by atoms with Crippen LogP contribution in [-0.4, -0.2) is 13.5 Å². The summed E-state index contributed by atoms with van der Waals surface area (Å²) in [6.45, 7) is 6.26. The molecule has 0 aromatic heterocycles. The Morgan fingerprint density at radius 2 is 1.44 bits per heavy atom. The molecule has 0 aliphatic carbocycles. The van der Waals surface area contributed by atoms with E-state index in [2.05, 4.69) is 20.8 Å². The number of aromatic hydroxyl groups is 1. The molecule has 0 bridgehead atoms. The monoisotopic (exact) mass is 356 g/mol. The molecule has 0 spiro atoms. The molecular weight excluding hydrogens is 336 g/mol. The van der Waals surface area contributed by atoms with Gasteiger partial charge in [0.25, 0.3) is 0 Å². The van der Waals surface area contributed by atoms with Crippen LogP contribution >= 0.6 is 0 Å². The molecule has 4 nitrogen and oxygen atoms in total. The van der Waals surface area contributed by atoms with Gasteiger partial charge < -0.3 is 9.29 Å². The quantitative estimate of drug-likeness (QED) is 0.696. The highest BCUT2D eigenvalue weighted by Gasteiger charge is 2.21. The van der Waals surface area contributed by atoms with Crippen molar-refractivity contribution in [1.82, 2.24) is 0 Å². The molecule has 5 heteroatoms. The van der Waals surface area contributed by atoms with Crippen molar-refractivity contribution >= 4 is 20.9 Å². The van der Waals surface area contributed by atoms with E-state index in [-0.39, 0.29) is 21.8 Å². The van der Waals surface area contributed by atoms with Crippen LogP contribution in [-0.2, 0) is 15.5 Å². The van der Waals surface area contributed by atoms with Crippen LogP contribution in [0.15, 0.2) is 65.6 Å². The van der Waals surface area contributed by atoms with E-state index in [1.807, 2.05) is 12.1 Å². The molecule has 0 saturated carbocycles. The molecule has 0 aliphatic heterocycles. The largest absolute Gasteiger partial charge is 0.507 e. The first-order valence-corrected chi connectivity index (χ1v) is 9.35. The molecule has 0 atom stereocenters. The summed E-state index contributed by atoms with van der Waals surface area (Å²) in [5.74, 6) is 0.286. The molecule has 0 radical (unpaired) electrons. The second-order valence-corrected chi connectivity index (χ2v) is 8.45. The molecule has 1 N–H and O–H groups in total. The Labute approximate surface area is 147 Å². The van der Waals surface area contributed by atoms with Gasteiger partial charge in [-0.05, 0) is 35.2 Å². The number of phenolic OH excluding ortho intramolecular Hbond substituents is 1. The predicted octanol–water partition coefficient (Wildman–Crippen LogP) is 4.61. The fraction of sp³-hybridized carbons (Fsp3) is 0.200. The summed E-state index contributed by atoms with van der Waals surface area (Å²) in [5, 5.41) is 10.8. The average Bonchev–Trinajstić information content (AvgIpc) is 2.54. The standard InChI is InChI=1S/C20H20O4S/c1-20(2,3)14-8-10-15(11-9-14)24-25(22,23)19-13-12-18(21)16-6-4-5-7-17(16)19/h4-13,21H,1-3H3. The van der Waals surface area contributed by atoms with Crippen LogP contribution in [0, 0.1) is 0 Å². The van der Waals surface area contributed by atoms with Crippen molar-refractivity contribution in [3.8, 4) is 11.5 Å². The van der Waals surface area contributed by atoms with Gasteiger partial charge in [-0.2, -0.15) is 8.42 Å². The number of hydrogen-bond acceptors (Lipinski definition) is 4. The predicted molar refractivity (Wildman–Crippen MR) is 98.6 cm³/mol. The number of hydrogen-bond donors (Lipinski definition) is 1. The van der Waals surface area contributed by atoms with Crippen molar-refractivity contribution in [1.29, 1.82) is 0 Å². The molecule has 0 heterocycles. The summed E-state index contributed by atoms with van der Waals surface area (Å²) in [7, 11) is -4.02. The van der Waals surface area contributed by atoms with Crippen molar-refractivity contribution in [3.63, 3.8) is 0 Å². The summed E-state index contributed by atoms with van der Waals surface area (Å²) in [5.41, 5.74) is 1.07. The first kappa shape index (κ1) is 17.3. The Balaban J connectivity index is 1.99. The third-order valence-electron chi connectivity index (χ3n) is 4.06. The van der Waals surface area contributed by atoms with E-state index in [4.69, 9.17) is 4.18 Å². The second kappa shape index (κ2) is 6.08. The fourth-order valence-electron chi connectivity index (χ4n) is 2.66. The Morgan fingerprint density at radius 1 is 0.840 bits per heavy atom. The van der Waals surface area contributed by atoms with Crippen LogP contribution in [0.5, 0.6) is 11.5 Å². The SMILES string of the molecule is CC(C)(C)c1ccc(OS(=O)(=O)c2ccc(O)c3ccccc23)cc1. The minimum Gasteiger partial charge on any atom is -0.507 e. The molecule has 0 aliphatic rings. The van der Waals surface area contributed by atoms with Crippen molar-refractivity contribution in [2.45, 2.75) is 31.1 Å². The lowest BCUT2D eigenvalue weighted by Crippen LogP contribution is -2.12. The van der Waals surface area contributed by atoms with Gasteiger partial charge in [0.2, 0.25) is 0 Å². The maximum Gasteiger partial charge on any atom is 0.339 e. The van der Waals surface area contributed by atoms with Gasteiger partial charge in [-0.25, -0.2) is 0 Å². The lowest BCUT2D eigenvalue weighted by Gasteiger charge is -2.19. The van der Waals surface area contributed by atoms with Crippen LogP contribution in [0.4, 0.5) is 0 Å². The molecule has 0 saturated heterocycles. The first-order chi connectivity index (χ1) is 11.7. The van der Waals surface area contributed by atoms with Crippen molar-refractivity contribution in [3.05, 3.63) is 66.2 Å². The maximum absolute atomic E-state index is 12.7. The lowest BCUT2D eigenvalue weighted by molar-refractivity contribution is 0.479. The zero-order chi connectivity index (χ0) is 18.2. The average molecular weight is 356 g/mol. The third kappa shape index (κ3) is 3.46. The van der Waals surface area contributed by atoms with Gasteiger partial charge in [-0.15, -0.1) is 0 Å². The summed E-state index contributed by atoms with van der Waals surface area (Å²) in [4.78, 5) is 0.0285. The minimum absolute atomic E-state index is 0.0232. The summed E-state index contributed by atoms with van der Waals surface area (Å²) in [6, 6.07) is 16.5. The molecule has 3 aromatic carbocycles. The van der Waals surface area contributed by atoms with Crippen LogP contribution in [0.1, 0.15) is 26.3 Å². The molecule has 3 rings (SSSR count). The van der Waals surface area contributed by atoms with Gasteiger partial charge in [0.05, 0.1) is 0 Å². The van der Waals surface area contributed by atoms with Crippen molar-refractivity contribution in [2.75, 3.05) is 0 Å². The van der Waals surface area contributed by atoms with Gasteiger partial charge in [0.1, 0.15) is 16.4 Å². The Morgan fingerprint density at radius 3 is 2.04 bits per heavy atom. The van der Waals surface area contributed by atoms with Gasteiger partial charge in [-0.1, -0.05) is 57.2 Å².